The summed E-state index contributed by atoms with van der Waals surface area (Å²) in [5.74, 6) is 0. The molecule has 2 aliphatic rings. The molecule has 2 aliphatic carbocycles. The molecule has 0 heterocycles. The molecule has 1 N–H and O–H groups in total. The second-order valence-corrected chi connectivity index (χ2v) is 6.23. The van der Waals surface area contributed by atoms with Crippen LogP contribution in [0.2, 0.25) is 0 Å². The van der Waals surface area contributed by atoms with Crippen molar-refractivity contribution in [2.24, 2.45) is 5.41 Å². The quantitative estimate of drug-likeness (QED) is 0.725. The Hall–Kier alpha value is 0.300. The first-order valence-corrected chi connectivity index (χ1v) is 6.45. The van der Waals surface area contributed by atoms with E-state index in [1.807, 2.05) is 0 Å². The third kappa shape index (κ3) is 2.07. The fourth-order valence-electron chi connectivity index (χ4n) is 3.10. The van der Waals surface area contributed by atoms with Crippen molar-refractivity contribution in [1.82, 2.24) is 0 Å². The van der Waals surface area contributed by atoms with Crippen LogP contribution < -0.4 is 0 Å². The van der Waals surface area contributed by atoms with Crippen molar-refractivity contribution < 1.29 is 13.9 Å². The zero-order valence-electron chi connectivity index (χ0n) is 8.74. The zero-order chi connectivity index (χ0) is 11.2. The Labute approximate surface area is 97.4 Å². The molecule has 0 aromatic rings. The van der Waals surface area contributed by atoms with Crippen molar-refractivity contribution in [3.8, 4) is 0 Å². The van der Waals surface area contributed by atoms with E-state index in [1.54, 1.807) is 0 Å². The standard InChI is InChI=1S/C11H17BrF2O/c12-11(13,14)10(15)7-5-9(6-8-10)3-1-2-4-9/h15H,1-8H2. The molecule has 0 bridgehead atoms. The normalized spacial score (nSPS) is 29.6. The molecule has 0 atom stereocenters. The fraction of sp³-hybridized carbons (Fsp3) is 1.00. The third-order valence-electron chi connectivity index (χ3n) is 4.33. The molecule has 0 aliphatic heterocycles. The van der Waals surface area contributed by atoms with Gasteiger partial charge in [0.05, 0.1) is 0 Å². The van der Waals surface area contributed by atoms with Crippen LogP contribution in [0.3, 0.4) is 0 Å². The third-order valence-corrected chi connectivity index (χ3v) is 5.07. The van der Waals surface area contributed by atoms with Crippen molar-refractivity contribution in [1.29, 1.82) is 0 Å². The Morgan fingerprint density at radius 3 is 1.80 bits per heavy atom. The van der Waals surface area contributed by atoms with Gasteiger partial charge in [-0.05, 0) is 59.9 Å². The van der Waals surface area contributed by atoms with Crippen LogP contribution in [0.5, 0.6) is 0 Å². The van der Waals surface area contributed by atoms with E-state index in [-0.39, 0.29) is 18.3 Å². The van der Waals surface area contributed by atoms with Gasteiger partial charge in [-0.25, -0.2) is 0 Å². The molecule has 0 amide bonds. The number of aliphatic hydroxyl groups is 1. The lowest BCUT2D eigenvalue weighted by molar-refractivity contribution is -0.149. The highest BCUT2D eigenvalue weighted by atomic mass is 79.9. The molecule has 0 saturated heterocycles. The number of halogens is 3. The van der Waals surface area contributed by atoms with E-state index < -0.39 is 10.4 Å². The van der Waals surface area contributed by atoms with Gasteiger partial charge in [0.25, 0.3) is 0 Å². The molecule has 4 heteroatoms. The molecular formula is C11H17BrF2O. The lowest BCUT2D eigenvalue weighted by Gasteiger charge is -2.43. The van der Waals surface area contributed by atoms with Crippen LogP contribution in [0.25, 0.3) is 0 Å². The Bertz CT molecular complexity index is 233. The first-order valence-electron chi connectivity index (χ1n) is 5.66. The summed E-state index contributed by atoms with van der Waals surface area (Å²) in [5.41, 5.74) is -1.54. The minimum Gasteiger partial charge on any atom is -0.383 e. The molecule has 0 unspecified atom stereocenters. The highest BCUT2D eigenvalue weighted by Gasteiger charge is 2.54. The average molecular weight is 283 g/mol. The van der Waals surface area contributed by atoms with Gasteiger partial charge >= 0.3 is 4.83 Å². The van der Waals surface area contributed by atoms with E-state index in [2.05, 4.69) is 15.9 Å². The van der Waals surface area contributed by atoms with E-state index >= 15 is 0 Å². The maximum absolute atomic E-state index is 13.1. The van der Waals surface area contributed by atoms with Gasteiger partial charge < -0.3 is 5.11 Å². The molecule has 2 rings (SSSR count). The predicted molar refractivity (Wildman–Crippen MR) is 58.2 cm³/mol. The Balaban J connectivity index is 2.02. The first kappa shape index (κ1) is 11.8. The van der Waals surface area contributed by atoms with E-state index in [1.165, 1.54) is 12.8 Å². The topological polar surface area (TPSA) is 20.2 Å². The monoisotopic (exact) mass is 282 g/mol. The summed E-state index contributed by atoms with van der Waals surface area (Å²) in [6, 6.07) is 0. The van der Waals surface area contributed by atoms with Crippen LogP contribution in [0, 0.1) is 5.41 Å². The molecule has 15 heavy (non-hydrogen) atoms. The highest BCUT2D eigenvalue weighted by Crippen LogP contribution is 2.55. The van der Waals surface area contributed by atoms with Crippen LogP contribution in [-0.2, 0) is 0 Å². The molecule has 1 nitrogen and oxygen atoms in total. The highest BCUT2D eigenvalue weighted by molar-refractivity contribution is 9.10. The second-order valence-electron chi connectivity index (χ2n) is 5.24. The number of hydrogen-bond donors (Lipinski definition) is 1. The lowest BCUT2D eigenvalue weighted by Crippen LogP contribution is -2.48. The van der Waals surface area contributed by atoms with Crippen molar-refractivity contribution in [3.63, 3.8) is 0 Å². The molecular weight excluding hydrogens is 266 g/mol. The summed E-state index contributed by atoms with van der Waals surface area (Å²) in [5, 5.41) is 9.85. The summed E-state index contributed by atoms with van der Waals surface area (Å²) in [7, 11) is 0. The van der Waals surface area contributed by atoms with Crippen molar-refractivity contribution in [2.45, 2.75) is 61.8 Å². The largest absolute Gasteiger partial charge is 0.383 e. The van der Waals surface area contributed by atoms with Gasteiger partial charge in [-0.1, -0.05) is 12.8 Å². The summed E-state index contributed by atoms with van der Waals surface area (Å²) in [6.45, 7) is 0. The van der Waals surface area contributed by atoms with Gasteiger partial charge in [-0.2, -0.15) is 8.78 Å². The van der Waals surface area contributed by atoms with E-state index in [4.69, 9.17) is 0 Å². The van der Waals surface area contributed by atoms with Crippen LogP contribution in [0.15, 0.2) is 0 Å². The molecule has 0 aromatic carbocycles. The first-order chi connectivity index (χ1) is 6.87. The lowest BCUT2D eigenvalue weighted by atomic mass is 9.68. The number of hydrogen-bond acceptors (Lipinski definition) is 1. The summed E-state index contributed by atoms with van der Waals surface area (Å²) in [4.78, 5) is -3.14. The minimum absolute atomic E-state index is 0.227. The number of alkyl halides is 3. The van der Waals surface area contributed by atoms with Crippen LogP contribution in [-0.4, -0.2) is 15.5 Å². The van der Waals surface area contributed by atoms with Gasteiger partial charge in [0.2, 0.25) is 0 Å². The molecule has 2 saturated carbocycles. The summed E-state index contributed by atoms with van der Waals surface area (Å²) in [6.07, 6.45) is 6.74. The number of rotatable bonds is 1. The Morgan fingerprint density at radius 1 is 0.933 bits per heavy atom. The Kier molecular flexibility index (Phi) is 2.87. The average Bonchev–Trinajstić information content (AvgIpc) is 2.58. The predicted octanol–water partition coefficient (Wildman–Crippen LogP) is 3.84. The molecule has 0 aromatic heterocycles. The van der Waals surface area contributed by atoms with Crippen molar-refractivity contribution in [3.05, 3.63) is 0 Å². The molecule has 1 spiro atoms. The van der Waals surface area contributed by atoms with Crippen LogP contribution in [0.4, 0.5) is 8.78 Å². The summed E-state index contributed by atoms with van der Waals surface area (Å²) < 4.78 is 26.3. The van der Waals surface area contributed by atoms with E-state index in [9.17, 15) is 13.9 Å². The van der Waals surface area contributed by atoms with Crippen LogP contribution >= 0.6 is 15.9 Å². The smallest absolute Gasteiger partial charge is 0.329 e. The fourth-order valence-corrected chi connectivity index (χ4v) is 3.50. The van der Waals surface area contributed by atoms with E-state index in [0.29, 0.717) is 0 Å². The van der Waals surface area contributed by atoms with Gasteiger partial charge in [0.15, 0.2) is 0 Å². The van der Waals surface area contributed by atoms with Gasteiger partial charge in [-0.15, -0.1) is 0 Å². The SMILES string of the molecule is OC1(C(F)(F)Br)CCC2(CCCC2)CC1. The molecule has 88 valence electrons. The maximum atomic E-state index is 13.1. The Morgan fingerprint density at radius 2 is 1.40 bits per heavy atom. The molecule has 0 radical (unpaired) electrons. The maximum Gasteiger partial charge on any atom is 0.329 e. The van der Waals surface area contributed by atoms with Crippen molar-refractivity contribution >= 4 is 15.9 Å². The van der Waals surface area contributed by atoms with Gasteiger partial charge in [0.1, 0.15) is 5.60 Å². The van der Waals surface area contributed by atoms with Crippen molar-refractivity contribution in [2.75, 3.05) is 0 Å². The van der Waals surface area contributed by atoms with Gasteiger partial charge in [-0.3, -0.25) is 0 Å². The second kappa shape index (κ2) is 3.66. The van der Waals surface area contributed by atoms with Gasteiger partial charge in [0, 0.05) is 0 Å². The molecule has 2 fully saturated rings. The summed E-state index contributed by atoms with van der Waals surface area (Å²) >= 11 is 2.31. The van der Waals surface area contributed by atoms with Crippen LogP contribution in [0.1, 0.15) is 51.4 Å². The van der Waals surface area contributed by atoms with E-state index in [0.717, 1.165) is 25.7 Å². The minimum atomic E-state index is -3.14. The zero-order valence-corrected chi connectivity index (χ0v) is 10.3.